The van der Waals surface area contributed by atoms with E-state index in [1.54, 1.807) is 31.4 Å². The van der Waals surface area contributed by atoms with Crippen LogP contribution in [0.2, 0.25) is 0 Å². The van der Waals surface area contributed by atoms with Gasteiger partial charge >= 0.3 is 5.97 Å². The molecule has 0 saturated carbocycles. The lowest BCUT2D eigenvalue weighted by molar-refractivity contribution is 0.0511. The Kier molecular flexibility index (Phi) is 5.86. The van der Waals surface area contributed by atoms with Crippen LogP contribution in [0.1, 0.15) is 30.1 Å². The van der Waals surface area contributed by atoms with E-state index in [0.29, 0.717) is 12.2 Å². The van der Waals surface area contributed by atoms with Crippen molar-refractivity contribution in [2.24, 2.45) is 0 Å². The number of esters is 1. The quantitative estimate of drug-likeness (QED) is 0.431. The number of methoxy groups -OCH3 is 1. The summed E-state index contributed by atoms with van der Waals surface area (Å²) in [6.07, 6.45) is 5.84. The normalized spacial score (nSPS) is 10.5. The van der Waals surface area contributed by atoms with Crippen LogP contribution < -0.4 is 4.74 Å². The molecule has 0 unspecified atom stereocenters. The second kappa shape index (κ2) is 7.49. The highest BCUT2D eigenvalue weighted by Gasteiger charge is 2.05. The maximum absolute atomic E-state index is 11.6. The third-order valence-electron chi connectivity index (χ3n) is 2.25. The predicted molar refractivity (Wildman–Crippen MR) is 67.3 cm³/mol. The number of rotatable bonds is 6. The Hall–Kier alpha value is -1.77. The average Bonchev–Trinajstić information content (AvgIpc) is 2.38. The van der Waals surface area contributed by atoms with Gasteiger partial charge in [0.25, 0.3) is 0 Å². The standard InChI is InChI=1S/C14H18O3/c1-3-4-5-6-11-17-14(15)12-7-9-13(16-2)10-8-12/h4-5,7-10H,3,6,11H2,1-2H3/b5-4-. The lowest BCUT2D eigenvalue weighted by Crippen LogP contribution is -2.05. The molecule has 0 bridgehead atoms. The maximum Gasteiger partial charge on any atom is 0.338 e. The SMILES string of the molecule is CC/C=C\CCOC(=O)c1ccc(OC)cc1. The molecule has 0 saturated heterocycles. The van der Waals surface area contributed by atoms with E-state index in [0.717, 1.165) is 18.6 Å². The number of ether oxygens (including phenoxy) is 2. The number of allylic oxidation sites excluding steroid dienone is 1. The molecule has 0 radical (unpaired) electrons. The van der Waals surface area contributed by atoms with Gasteiger partial charge in [-0.15, -0.1) is 0 Å². The van der Waals surface area contributed by atoms with Gasteiger partial charge in [0.2, 0.25) is 0 Å². The van der Waals surface area contributed by atoms with Crippen LogP contribution in [-0.4, -0.2) is 19.7 Å². The number of benzene rings is 1. The van der Waals surface area contributed by atoms with Gasteiger partial charge in [0.1, 0.15) is 5.75 Å². The van der Waals surface area contributed by atoms with Crippen molar-refractivity contribution >= 4 is 5.97 Å². The Morgan fingerprint density at radius 1 is 1.24 bits per heavy atom. The molecular weight excluding hydrogens is 216 g/mol. The van der Waals surface area contributed by atoms with E-state index in [9.17, 15) is 4.79 Å². The van der Waals surface area contributed by atoms with Crippen molar-refractivity contribution in [2.45, 2.75) is 19.8 Å². The summed E-state index contributed by atoms with van der Waals surface area (Å²) in [4.78, 5) is 11.6. The van der Waals surface area contributed by atoms with Crippen molar-refractivity contribution in [3.05, 3.63) is 42.0 Å². The molecule has 0 heterocycles. The molecule has 3 nitrogen and oxygen atoms in total. The van der Waals surface area contributed by atoms with Gasteiger partial charge in [-0.2, -0.15) is 0 Å². The Labute approximate surface area is 102 Å². The third-order valence-corrected chi connectivity index (χ3v) is 2.25. The molecule has 0 aromatic heterocycles. The van der Waals surface area contributed by atoms with Gasteiger partial charge in [0.05, 0.1) is 19.3 Å². The molecule has 1 aromatic carbocycles. The van der Waals surface area contributed by atoms with Crippen LogP contribution in [0.4, 0.5) is 0 Å². The highest BCUT2D eigenvalue weighted by molar-refractivity contribution is 5.89. The summed E-state index contributed by atoms with van der Waals surface area (Å²) in [5.74, 6) is 0.435. The largest absolute Gasteiger partial charge is 0.497 e. The summed E-state index contributed by atoms with van der Waals surface area (Å²) in [6, 6.07) is 6.88. The van der Waals surface area contributed by atoms with Crippen molar-refractivity contribution in [3.63, 3.8) is 0 Å². The van der Waals surface area contributed by atoms with E-state index in [1.165, 1.54) is 0 Å². The minimum absolute atomic E-state index is 0.294. The summed E-state index contributed by atoms with van der Waals surface area (Å²) in [6.45, 7) is 2.49. The lowest BCUT2D eigenvalue weighted by atomic mass is 10.2. The third kappa shape index (κ3) is 4.72. The molecular formula is C14H18O3. The molecule has 0 aliphatic heterocycles. The Morgan fingerprint density at radius 2 is 1.94 bits per heavy atom. The van der Waals surface area contributed by atoms with E-state index in [1.807, 2.05) is 6.08 Å². The number of hydrogen-bond acceptors (Lipinski definition) is 3. The fourth-order valence-corrected chi connectivity index (χ4v) is 1.31. The van der Waals surface area contributed by atoms with Gasteiger partial charge in [-0.25, -0.2) is 4.79 Å². The Bertz CT molecular complexity index is 366. The number of carbonyl (C=O) groups excluding carboxylic acids is 1. The van der Waals surface area contributed by atoms with Gasteiger partial charge in [-0.05, 0) is 37.1 Å². The summed E-state index contributed by atoms with van der Waals surface area (Å²) in [5, 5.41) is 0. The number of carbonyl (C=O) groups is 1. The van der Waals surface area contributed by atoms with Gasteiger partial charge in [-0.1, -0.05) is 19.1 Å². The first kappa shape index (κ1) is 13.3. The average molecular weight is 234 g/mol. The van der Waals surface area contributed by atoms with Crippen molar-refractivity contribution in [2.75, 3.05) is 13.7 Å². The molecule has 0 aliphatic rings. The number of hydrogen-bond donors (Lipinski definition) is 0. The molecule has 1 rings (SSSR count). The van der Waals surface area contributed by atoms with Crippen LogP contribution in [0.15, 0.2) is 36.4 Å². The lowest BCUT2D eigenvalue weighted by Gasteiger charge is -2.04. The molecule has 0 aliphatic carbocycles. The fraction of sp³-hybridized carbons (Fsp3) is 0.357. The van der Waals surface area contributed by atoms with Crippen LogP contribution in [0.3, 0.4) is 0 Å². The van der Waals surface area contributed by atoms with Gasteiger partial charge in [0.15, 0.2) is 0 Å². The smallest absolute Gasteiger partial charge is 0.338 e. The van der Waals surface area contributed by atoms with Gasteiger partial charge < -0.3 is 9.47 Å². The molecule has 17 heavy (non-hydrogen) atoms. The van der Waals surface area contributed by atoms with E-state index in [2.05, 4.69) is 13.0 Å². The van der Waals surface area contributed by atoms with Crippen molar-refractivity contribution in [1.29, 1.82) is 0 Å². The zero-order valence-corrected chi connectivity index (χ0v) is 10.3. The predicted octanol–water partition coefficient (Wildman–Crippen LogP) is 3.21. The molecule has 0 atom stereocenters. The topological polar surface area (TPSA) is 35.5 Å². The molecule has 0 amide bonds. The molecule has 1 aromatic rings. The van der Waals surface area contributed by atoms with Crippen LogP contribution in [0.5, 0.6) is 5.75 Å². The first-order valence-electron chi connectivity index (χ1n) is 5.74. The van der Waals surface area contributed by atoms with Gasteiger partial charge in [-0.3, -0.25) is 0 Å². The summed E-state index contributed by atoms with van der Waals surface area (Å²) >= 11 is 0. The van der Waals surface area contributed by atoms with E-state index < -0.39 is 0 Å². The van der Waals surface area contributed by atoms with Gasteiger partial charge in [0, 0.05) is 0 Å². The first-order chi connectivity index (χ1) is 8.27. The fourth-order valence-electron chi connectivity index (χ4n) is 1.31. The van der Waals surface area contributed by atoms with Crippen LogP contribution in [0, 0.1) is 0 Å². The minimum atomic E-state index is -0.294. The highest BCUT2D eigenvalue weighted by atomic mass is 16.5. The van der Waals surface area contributed by atoms with Crippen molar-refractivity contribution < 1.29 is 14.3 Å². The van der Waals surface area contributed by atoms with Crippen LogP contribution in [0.25, 0.3) is 0 Å². The van der Waals surface area contributed by atoms with Crippen LogP contribution in [-0.2, 0) is 4.74 Å². The Balaban J connectivity index is 2.38. The second-order valence-electron chi connectivity index (χ2n) is 3.53. The van der Waals surface area contributed by atoms with Crippen molar-refractivity contribution in [3.8, 4) is 5.75 Å². The Morgan fingerprint density at radius 3 is 2.53 bits per heavy atom. The highest BCUT2D eigenvalue weighted by Crippen LogP contribution is 2.12. The molecule has 3 heteroatoms. The molecule has 92 valence electrons. The van der Waals surface area contributed by atoms with E-state index in [-0.39, 0.29) is 5.97 Å². The zero-order chi connectivity index (χ0) is 12.5. The van der Waals surface area contributed by atoms with E-state index >= 15 is 0 Å². The minimum Gasteiger partial charge on any atom is -0.497 e. The summed E-state index contributed by atoms with van der Waals surface area (Å²) in [5.41, 5.74) is 0.547. The van der Waals surface area contributed by atoms with Crippen LogP contribution >= 0.6 is 0 Å². The summed E-state index contributed by atoms with van der Waals surface area (Å²) < 4.78 is 10.1. The first-order valence-corrected chi connectivity index (χ1v) is 5.74. The summed E-state index contributed by atoms with van der Waals surface area (Å²) in [7, 11) is 1.59. The monoisotopic (exact) mass is 234 g/mol. The second-order valence-corrected chi connectivity index (χ2v) is 3.53. The maximum atomic E-state index is 11.6. The molecule has 0 spiro atoms. The molecule has 0 N–H and O–H groups in total. The molecule has 0 fully saturated rings. The van der Waals surface area contributed by atoms with Crippen molar-refractivity contribution in [1.82, 2.24) is 0 Å². The van der Waals surface area contributed by atoms with E-state index in [4.69, 9.17) is 9.47 Å². The zero-order valence-electron chi connectivity index (χ0n) is 10.3.